The molecule has 0 aromatic heterocycles. The summed E-state index contributed by atoms with van der Waals surface area (Å²) in [6.07, 6.45) is 0. The molecule has 0 aliphatic heterocycles. The molecule has 0 heterocycles. The van der Waals surface area contributed by atoms with Crippen LogP contribution in [0.15, 0.2) is 36.4 Å². The average molecular weight is 270 g/mol. The van der Waals surface area contributed by atoms with Gasteiger partial charge in [0.1, 0.15) is 11.5 Å². The molecule has 3 N–H and O–H groups in total. The Morgan fingerprint density at radius 3 is 2.30 bits per heavy atom. The molecule has 0 fully saturated rings. The van der Waals surface area contributed by atoms with E-state index in [0.29, 0.717) is 17.1 Å². The monoisotopic (exact) mass is 270 g/mol. The Kier molecular flexibility index (Phi) is 3.94. The van der Waals surface area contributed by atoms with Crippen LogP contribution in [0.5, 0.6) is 11.5 Å². The van der Waals surface area contributed by atoms with Gasteiger partial charge in [-0.1, -0.05) is 6.07 Å². The van der Waals surface area contributed by atoms with Gasteiger partial charge in [0, 0.05) is 13.0 Å². The van der Waals surface area contributed by atoms with Crippen molar-refractivity contribution in [1.82, 2.24) is 0 Å². The summed E-state index contributed by atoms with van der Waals surface area (Å²) < 4.78 is 5.76. The first-order valence-electron chi connectivity index (χ1n) is 6.38. The van der Waals surface area contributed by atoms with Gasteiger partial charge in [0.25, 0.3) is 0 Å². The summed E-state index contributed by atoms with van der Waals surface area (Å²) in [5.74, 6) is 1.25. The standard InChI is InChI=1S/C16H18N2O2/c1-10-4-5-13(8-11(10)2)20-14-6-7-16(15(17)9-14)18-12(3)19/h4-9H,17H2,1-3H3,(H,18,19). The fourth-order valence-corrected chi connectivity index (χ4v) is 1.82. The molecule has 0 spiro atoms. The van der Waals surface area contributed by atoms with E-state index in [1.165, 1.54) is 18.1 Å². The Balaban J connectivity index is 2.19. The molecule has 0 atom stereocenters. The molecule has 20 heavy (non-hydrogen) atoms. The average Bonchev–Trinajstić information content (AvgIpc) is 2.37. The first kappa shape index (κ1) is 13.9. The van der Waals surface area contributed by atoms with E-state index in [1.54, 1.807) is 18.2 Å². The second-order valence-corrected chi connectivity index (χ2v) is 4.78. The zero-order chi connectivity index (χ0) is 14.7. The molecule has 104 valence electrons. The van der Waals surface area contributed by atoms with E-state index in [1.807, 2.05) is 25.1 Å². The number of nitrogens with two attached hydrogens (primary N) is 1. The van der Waals surface area contributed by atoms with Crippen LogP contribution in [0.25, 0.3) is 0 Å². The van der Waals surface area contributed by atoms with E-state index in [4.69, 9.17) is 10.5 Å². The lowest BCUT2D eigenvalue weighted by Crippen LogP contribution is -2.07. The Bertz CT molecular complexity index is 651. The molecular formula is C16H18N2O2. The Hall–Kier alpha value is -2.49. The number of hydrogen-bond donors (Lipinski definition) is 2. The number of benzene rings is 2. The molecule has 4 nitrogen and oxygen atoms in total. The number of nitrogens with one attached hydrogen (secondary N) is 1. The van der Waals surface area contributed by atoms with Crippen LogP contribution in [0.4, 0.5) is 11.4 Å². The summed E-state index contributed by atoms with van der Waals surface area (Å²) in [6.45, 7) is 5.54. The van der Waals surface area contributed by atoms with E-state index in [9.17, 15) is 4.79 Å². The van der Waals surface area contributed by atoms with Gasteiger partial charge in [0.2, 0.25) is 5.91 Å². The van der Waals surface area contributed by atoms with Crippen LogP contribution in [0.3, 0.4) is 0 Å². The van der Waals surface area contributed by atoms with Crippen LogP contribution in [-0.4, -0.2) is 5.91 Å². The van der Waals surface area contributed by atoms with Gasteiger partial charge in [0.05, 0.1) is 11.4 Å². The third kappa shape index (κ3) is 3.29. The minimum absolute atomic E-state index is 0.153. The number of amides is 1. The lowest BCUT2D eigenvalue weighted by molar-refractivity contribution is -0.114. The molecule has 0 unspecified atom stereocenters. The minimum atomic E-state index is -0.153. The summed E-state index contributed by atoms with van der Waals surface area (Å²) in [7, 11) is 0. The molecule has 0 radical (unpaired) electrons. The number of carbonyl (C=O) groups excluding carboxylic acids is 1. The largest absolute Gasteiger partial charge is 0.457 e. The smallest absolute Gasteiger partial charge is 0.221 e. The highest BCUT2D eigenvalue weighted by atomic mass is 16.5. The maximum absolute atomic E-state index is 11.0. The van der Waals surface area contributed by atoms with E-state index in [2.05, 4.69) is 12.2 Å². The van der Waals surface area contributed by atoms with Crippen molar-refractivity contribution in [2.75, 3.05) is 11.1 Å². The van der Waals surface area contributed by atoms with Crippen LogP contribution < -0.4 is 15.8 Å². The summed E-state index contributed by atoms with van der Waals surface area (Å²) in [5, 5.41) is 2.66. The number of anilines is 2. The molecule has 0 aliphatic rings. The first-order valence-corrected chi connectivity index (χ1v) is 6.38. The number of ether oxygens (including phenoxy) is 1. The minimum Gasteiger partial charge on any atom is -0.457 e. The Morgan fingerprint density at radius 2 is 1.70 bits per heavy atom. The van der Waals surface area contributed by atoms with Crippen molar-refractivity contribution in [2.24, 2.45) is 0 Å². The number of hydrogen-bond acceptors (Lipinski definition) is 3. The van der Waals surface area contributed by atoms with Crippen molar-refractivity contribution in [1.29, 1.82) is 0 Å². The van der Waals surface area contributed by atoms with Crippen LogP contribution in [0, 0.1) is 13.8 Å². The third-order valence-corrected chi connectivity index (χ3v) is 3.05. The van der Waals surface area contributed by atoms with Crippen molar-refractivity contribution in [3.8, 4) is 11.5 Å². The number of nitrogen functional groups attached to an aromatic ring is 1. The first-order chi connectivity index (χ1) is 9.45. The predicted octanol–water partition coefficient (Wildman–Crippen LogP) is 3.64. The Morgan fingerprint density at radius 1 is 1.05 bits per heavy atom. The van der Waals surface area contributed by atoms with Gasteiger partial charge in [0.15, 0.2) is 0 Å². The van der Waals surface area contributed by atoms with E-state index in [0.717, 1.165) is 5.75 Å². The number of rotatable bonds is 3. The quantitative estimate of drug-likeness (QED) is 0.837. The van der Waals surface area contributed by atoms with Crippen molar-refractivity contribution in [3.05, 3.63) is 47.5 Å². The van der Waals surface area contributed by atoms with Gasteiger partial charge in [-0.3, -0.25) is 4.79 Å². The predicted molar refractivity (Wildman–Crippen MR) is 81.1 cm³/mol. The lowest BCUT2D eigenvalue weighted by atomic mass is 10.1. The highest BCUT2D eigenvalue weighted by Gasteiger charge is 2.05. The maximum Gasteiger partial charge on any atom is 0.221 e. The normalized spacial score (nSPS) is 10.2. The summed E-state index contributed by atoms with van der Waals surface area (Å²) >= 11 is 0. The van der Waals surface area contributed by atoms with E-state index < -0.39 is 0 Å². The summed E-state index contributed by atoms with van der Waals surface area (Å²) in [4.78, 5) is 11.0. The summed E-state index contributed by atoms with van der Waals surface area (Å²) in [6, 6.07) is 11.1. The molecule has 0 bridgehead atoms. The molecule has 1 amide bonds. The highest BCUT2D eigenvalue weighted by Crippen LogP contribution is 2.28. The highest BCUT2D eigenvalue weighted by molar-refractivity contribution is 5.92. The van der Waals surface area contributed by atoms with Crippen molar-refractivity contribution >= 4 is 17.3 Å². The molecule has 2 aromatic rings. The van der Waals surface area contributed by atoms with Crippen LogP contribution in [-0.2, 0) is 4.79 Å². The second kappa shape index (κ2) is 5.65. The lowest BCUT2D eigenvalue weighted by Gasteiger charge is -2.11. The number of carbonyl (C=O) groups is 1. The van der Waals surface area contributed by atoms with Crippen LogP contribution in [0.2, 0.25) is 0 Å². The van der Waals surface area contributed by atoms with Gasteiger partial charge in [-0.05, 0) is 49.2 Å². The van der Waals surface area contributed by atoms with Crippen molar-refractivity contribution in [2.45, 2.75) is 20.8 Å². The third-order valence-electron chi connectivity index (χ3n) is 3.05. The Labute approximate surface area is 118 Å². The van der Waals surface area contributed by atoms with Gasteiger partial charge in [-0.25, -0.2) is 0 Å². The van der Waals surface area contributed by atoms with E-state index in [-0.39, 0.29) is 5.91 Å². The van der Waals surface area contributed by atoms with Gasteiger partial charge in [-0.2, -0.15) is 0 Å². The van der Waals surface area contributed by atoms with Crippen molar-refractivity contribution in [3.63, 3.8) is 0 Å². The van der Waals surface area contributed by atoms with Gasteiger partial charge >= 0.3 is 0 Å². The SMILES string of the molecule is CC(=O)Nc1ccc(Oc2ccc(C)c(C)c2)cc1N. The zero-order valence-electron chi connectivity index (χ0n) is 11.9. The second-order valence-electron chi connectivity index (χ2n) is 4.78. The fourth-order valence-electron chi connectivity index (χ4n) is 1.82. The van der Waals surface area contributed by atoms with Crippen molar-refractivity contribution < 1.29 is 9.53 Å². The fraction of sp³-hybridized carbons (Fsp3) is 0.188. The molecule has 4 heteroatoms. The molecule has 0 saturated carbocycles. The topological polar surface area (TPSA) is 64.3 Å². The van der Waals surface area contributed by atoms with Gasteiger partial charge in [-0.15, -0.1) is 0 Å². The molecule has 0 aliphatic carbocycles. The molecule has 2 aromatic carbocycles. The molecular weight excluding hydrogens is 252 g/mol. The molecule has 0 saturated heterocycles. The number of aryl methyl sites for hydroxylation is 2. The summed E-state index contributed by atoms with van der Waals surface area (Å²) in [5.41, 5.74) is 9.34. The maximum atomic E-state index is 11.0. The van der Waals surface area contributed by atoms with E-state index >= 15 is 0 Å². The molecule has 2 rings (SSSR count). The van der Waals surface area contributed by atoms with Crippen LogP contribution >= 0.6 is 0 Å². The van der Waals surface area contributed by atoms with Gasteiger partial charge < -0.3 is 15.8 Å². The zero-order valence-corrected chi connectivity index (χ0v) is 11.9. The van der Waals surface area contributed by atoms with Crippen LogP contribution in [0.1, 0.15) is 18.1 Å².